The second-order valence-electron chi connectivity index (χ2n) is 14.6. The van der Waals surface area contributed by atoms with Gasteiger partial charge in [0, 0.05) is 33.2 Å². The zero-order chi connectivity index (χ0) is 31.4. The number of hydrogen-bond acceptors (Lipinski definition) is 3. The summed E-state index contributed by atoms with van der Waals surface area (Å²) < 4.78 is 4.76. The van der Waals surface area contributed by atoms with Gasteiger partial charge in [0.05, 0.1) is 27.3 Å². The van der Waals surface area contributed by atoms with Crippen LogP contribution < -0.4 is 4.57 Å². The maximum absolute atomic E-state index is 5.09. The Labute approximate surface area is 263 Å². The SMILES string of the molecule is Cc1ccc2c3cc(-c4ccccc4)ccc3n3c4cc(-c5nc(C(C)(C)C)nc(C(C)(C)C)n5)cc5cc[n+](C)c(c1c23)c54. The predicted octanol–water partition coefficient (Wildman–Crippen LogP) is 9.24. The maximum Gasteiger partial charge on any atom is 0.224 e. The van der Waals surface area contributed by atoms with E-state index in [2.05, 4.69) is 150 Å². The summed E-state index contributed by atoms with van der Waals surface area (Å²) in [5.41, 5.74) is 9.17. The molecule has 0 fully saturated rings. The van der Waals surface area contributed by atoms with Crippen molar-refractivity contribution in [1.82, 2.24) is 19.4 Å². The Kier molecular flexibility index (Phi) is 5.71. The minimum absolute atomic E-state index is 0.209. The molecular formula is C40H38N5+. The quantitative estimate of drug-likeness (QED) is 0.115. The smallest absolute Gasteiger partial charge is 0.224 e. The Bertz CT molecular complexity index is 2420. The molecule has 0 N–H and O–H groups in total. The Balaban J connectivity index is 1.54. The van der Waals surface area contributed by atoms with Crippen LogP contribution in [0.15, 0.2) is 85.1 Å². The molecular weight excluding hydrogens is 550 g/mol. The van der Waals surface area contributed by atoms with Crippen LogP contribution in [0, 0.1) is 6.92 Å². The first-order valence-corrected chi connectivity index (χ1v) is 15.8. The van der Waals surface area contributed by atoms with Crippen molar-refractivity contribution in [2.24, 2.45) is 7.05 Å². The maximum atomic E-state index is 5.09. The molecule has 222 valence electrons. The Morgan fingerprint density at radius 3 is 2.02 bits per heavy atom. The fraction of sp³-hybridized carbons (Fsp3) is 0.250. The highest BCUT2D eigenvalue weighted by molar-refractivity contribution is 6.26. The van der Waals surface area contributed by atoms with Crippen LogP contribution in [0.25, 0.3) is 71.5 Å². The summed E-state index contributed by atoms with van der Waals surface area (Å²) in [6, 6.07) is 28.9. The zero-order valence-electron chi connectivity index (χ0n) is 27.3. The predicted molar refractivity (Wildman–Crippen MR) is 186 cm³/mol. The van der Waals surface area contributed by atoms with Gasteiger partial charge in [0.15, 0.2) is 12.0 Å². The van der Waals surface area contributed by atoms with Gasteiger partial charge in [-0.05, 0) is 53.3 Å². The summed E-state index contributed by atoms with van der Waals surface area (Å²) in [4.78, 5) is 15.1. The van der Waals surface area contributed by atoms with Crippen LogP contribution in [-0.2, 0) is 17.9 Å². The number of rotatable bonds is 2. The average molecular weight is 589 g/mol. The van der Waals surface area contributed by atoms with Gasteiger partial charge < -0.3 is 4.40 Å². The van der Waals surface area contributed by atoms with Crippen LogP contribution in [-0.4, -0.2) is 19.4 Å². The van der Waals surface area contributed by atoms with Crippen molar-refractivity contribution < 1.29 is 4.57 Å². The molecule has 0 atom stereocenters. The molecule has 4 aromatic heterocycles. The lowest BCUT2D eigenvalue weighted by atomic mass is 9.92. The first kappa shape index (κ1) is 27.6. The first-order chi connectivity index (χ1) is 21.4. The van der Waals surface area contributed by atoms with Crippen LogP contribution in [0.4, 0.5) is 0 Å². The molecule has 5 nitrogen and oxygen atoms in total. The van der Waals surface area contributed by atoms with Crippen molar-refractivity contribution in [3.05, 3.63) is 102 Å². The first-order valence-electron chi connectivity index (χ1n) is 15.8. The van der Waals surface area contributed by atoms with Crippen molar-refractivity contribution in [1.29, 1.82) is 0 Å². The van der Waals surface area contributed by atoms with Gasteiger partial charge in [-0.1, -0.05) is 90.1 Å². The van der Waals surface area contributed by atoms with Gasteiger partial charge in [0.2, 0.25) is 5.52 Å². The fourth-order valence-electron chi connectivity index (χ4n) is 6.83. The molecule has 0 saturated carbocycles. The number of hydrogen-bond donors (Lipinski definition) is 0. The van der Waals surface area contributed by atoms with E-state index in [9.17, 15) is 0 Å². The van der Waals surface area contributed by atoms with E-state index in [-0.39, 0.29) is 10.8 Å². The number of pyridine rings is 2. The molecule has 0 radical (unpaired) electrons. The summed E-state index contributed by atoms with van der Waals surface area (Å²) in [6.45, 7) is 15.2. The number of nitrogens with zero attached hydrogens (tertiary/aromatic N) is 5. The molecule has 4 aromatic carbocycles. The minimum atomic E-state index is -0.209. The lowest BCUT2D eigenvalue weighted by molar-refractivity contribution is -0.643. The number of aryl methyl sites for hydroxylation is 2. The van der Waals surface area contributed by atoms with Crippen molar-refractivity contribution in [3.8, 4) is 22.5 Å². The molecule has 4 heterocycles. The summed E-state index contributed by atoms with van der Waals surface area (Å²) in [7, 11) is 2.16. The largest absolute Gasteiger partial charge is 0.307 e. The molecule has 0 aliphatic rings. The lowest BCUT2D eigenvalue weighted by Crippen LogP contribution is -2.29. The van der Waals surface area contributed by atoms with Crippen LogP contribution in [0.1, 0.15) is 58.8 Å². The highest BCUT2D eigenvalue weighted by atomic mass is 15.1. The van der Waals surface area contributed by atoms with Gasteiger partial charge in [0.25, 0.3) is 0 Å². The molecule has 8 aromatic rings. The van der Waals surface area contributed by atoms with Crippen molar-refractivity contribution in [3.63, 3.8) is 0 Å². The van der Waals surface area contributed by atoms with Crippen LogP contribution in [0.3, 0.4) is 0 Å². The molecule has 5 heteroatoms. The standard InChI is InChI=1S/C40H38N5/c1-23-14-16-28-29-21-25(24-12-10-9-11-13-24)15-17-30(29)45-31-22-27(20-26-18-19-44(8)35(33(26)31)32(23)34(28)45)36-41-37(39(2,3)4)43-38(42-36)40(5,6)7/h9-22H,1-8H3/q+1. The van der Waals surface area contributed by atoms with E-state index >= 15 is 0 Å². The van der Waals surface area contributed by atoms with Gasteiger partial charge in [-0.25, -0.2) is 19.5 Å². The minimum Gasteiger partial charge on any atom is -0.307 e. The highest BCUT2D eigenvalue weighted by Crippen LogP contribution is 2.42. The van der Waals surface area contributed by atoms with Crippen LogP contribution >= 0.6 is 0 Å². The van der Waals surface area contributed by atoms with E-state index in [1.165, 1.54) is 60.2 Å². The van der Waals surface area contributed by atoms with E-state index in [0.717, 1.165) is 28.6 Å². The number of fused-ring (bicyclic) bond motifs is 5. The van der Waals surface area contributed by atoms with Crippen molar-refractivity contribution >= 4 is 49.0 Å². The van der Waals surface area contributed by atoms with Gasteiger partial charge in [-0.3, -0.25) is 0 Å². The normalized spacial score (nSPS) is 12.9. The van der Waals surface area contributed by atoms with Crippen molar-refractivity contribution in [2.45, 2.75) is 59.3 Å². The molecule has 0 aliphatic heterocycles. The lowest BCUT2D eigenvalue weighted by Gasteiger charge is -2.23. The third kappa shape index (κ3) is 4.13. The van der Waals surface area contributed by atoms with E-state index in [1.807, 2.05) is 0 Å². The van der Waals surface area contributed by atoms with E-state index in [0.29, 0.717) is 0 Å². The molecule has 8 rings (SSSR count). The summed E-state index contributed by atoms with van der Waals surface area (Å²) in [5, 5.41) is 6.24. The summed E-state index contributed by atoms with van der Waals surface area (Å²) >= 11 is 0. The monoisotopic (exact) mass is 588 g/mol. The second-order valence-corrected chi connectivity index (χ2v) is 14.6. The number of benzene rings is 4. The molecule has 0 bridgehead atoms. The molecule has 45 heavy (non-hydrogen) atoms. The third-order valence-corrected chi connectivity index (χ3v) is 9.17. The Morgan fingerprint density at radius 1 is 0.622 bits per heavy atom. The molecule has 0 saturated heterocycles. The van der Waals surface area contributed by atoms with Crippen LogP contribution in [0.2, 0.25) is 0 Å². The van der Waals surface area contributed by atoms with Crippen LogP contribution in [0.5, 0.6) is 0 Å². The molecule has 0 unspecified atom stereocenters. The molecule has 0 aliphatic carbocycles. The third-order valence-electron chi connectivity index (χ3n) is 9.17. The average Bonchev–Trinajstić information content (AvgIpc) is 3.34. The zero-order valence-corrected chi connectivity index (χ0v) is 27.3. The second kappa shape index (κ2) is 9.31. The van der Waals surface area contributed by atoms with E-state index in [1.54, 1.807) is 0 Å². The fourth-order valence-corrected chi connectivity index (χ4v) is 6.83. The van der Waals surface area contributed by atoms with Gasteiger partial charge in [-0.2, -0.15) is 0 Å². The molecule has 0 spiro atoms. The topological polar surface area (TPSA) is 47.0 Å². The van der Waals surface area contributed by atoms with E-state index in [4.69, 9.17) is 15.0 Å². The summed E-state index contributed by atoms with van der Waals surface area (Å²) in [5.74, 6) is 2.35. The number of aromatic nitrogens is 5. The Morgan fingerprint density at radius 2 is 1.33 bits per heavy atom. The molecule has 0 amide bonds. The van der Waals surface area contributed by atoms with Gasteiger partial charge in [0.1, 0.15) is 18.7 Å². The van der Waals surface area contributed by atoms with E-state index < -0.39 is 0 Å². The van der Waals surface area contributed by atoms with Crippen molar-refractivity contribution in [2.75, 3.05) is 0 Å². The Hall–Kier alpha value is -4.90. The summed E-state index contributed by atoms with van der Waals surface area (Å²) in [6.07, 6.45) is 2.18. The van der Waals surface area contributed by atoms with Gasteiger partial charge in [-0.15, -0.1) is 0 Å². The highest BCUT2D eigenvalue weighted by Gasteiger charge is 2.28. The van der Waals surface area contributed by atoms with Gasteiger partial charge >= 0.3 is 0 Å².